The zero-order valence-electron chi connectivity index (χ0n) is 16.3. The number of pyridine rings is 1. The van der Waals surface area contributed by atoms with Gasteiger partial charge in [0.25, 0.3) is 5.91 Å². The standard InChI is InChI=1S/C24H17BrN2O3/c1-13-6-11-18-17(12-13)22(28)20-21(15-7-9-16(25)10-8-15)27(24(29)23(20)30-18)19-5-3-4-14(2)26-19/h3-12,21H,1-2H3/t21-/m0/s1. The fourth-order valence-electron chi connectivity index (χ4n) is 3.95. The molecule has 1 aliphatic heterocycles. The van der Waals surface area contributed by atoms with Crippen LogP contribution >= 0.6 is 15.9 Å². The number of aromatic nitrogens is 1. The van der Waals surface area contributed by atoms with E-state index in [4.69, 9.17) is 4.42 Å². The van der Waals surface area contributed by atoms with Crippen LogP contribution in [0.3, 0.4) is 0 Å². The van der Waals surface area contributed by atoms with Crippen LogP contribution in [0.4, 0.5) is 5.82 Å². The third kappa shape index (κ3) is 2.87. The van der Waals surface area contributed by atoms with Crippen LogP contribution in [0, 0.1) is 13.8 Å². The molecule has 0 N–H and O–H groups in total. The molecule has 0 fully saturated rings. The summed E-state index contributed by atoms with van der Waals surface area (Å²) in [5.74, 6) is 0.196. The van der Waals surface area contributed by atoms with Gasteiger partial charge in [-0.15, -0.1) is 0 Å². The highest BCUT2D eigenvalue weighted by molar-refractivity contribution is 9.10. The monoisotopic (exact) mass is 460 g/mol. The molecule has 0 aliphatic carbocycles. The molecule has 2 aromatic heterocycles. The van der Waals surface area contributed by atoms with E-state index in [1.165, 1.54) is 0 Å². The summed E-state index contributed by atoms with van der Waals surface area (Å²) in [6, 6.07) is 17.9. The van der Waals surface area contributed by atoms with Crippen molar-refractivity contribution in [1.29, 1.82) is 0 Å². The molecule has 2 aromatic carbocycles. The predicted molar refractivity (Wildman–Crippen MR) is 119 cm³/mol. The molecule has 4 aromatic rings. The van der Waals surface area contributed by atoms with Crippen LogP contribution in [0.5, 0.6) is 0 Å². The van der Waals surface area contributed by atoms with Crippen LogP contribution in [-0.2, 0) is 0 Å². The fourth-order valence-corrected chi connectivity index (χ4v) is 4.21. The first kappa shape index (κ1) is 18.8. The number of halogens is 1. The Hall–Kier alpha value is -3.25. The van der Waals surface area contributed by atoms with Crippen molar-refractivity contribution in [2.24, 2.45) is 0 Å². The van der Waals surface area contributed by atoms with Crippen LogP contribution < -0.4 is 10.3 Å². The molecular formula is C24H17BrN2O3. The minimum atomic E-state index is -0.615. The summed E-state index contributed by atoms with van der Waals surface area (Å²) in [6.45, 7) is 3.79. The number of amides is 1. The quantitative estimate of drug-likeness (QED) is 0.406. The van der Waals surface area contributed by atoms with E-state index in [1.54, 1.807) is 23.1 Å². The van der Waals surface area contributed by atoms with Gasteiger partial charge in [0.2, 0.25) is 5.76 Å². The third-order valence-electron chi connectivity index (χ3n) is 5.33. The smallest absolute Gasteiger partial charge is 0.296 e. The van der Waals surface area contributed by atoms with Crippen LogP contribution in [0.2, 0.25) is 0 Å². The summed E-state index contributed by atoms with van der Waals surface area (Å²) in [5, 5.41) is 0.475. The number of hydrogen-bond donors (Lipinski definition) is 0. The van der Waals surface area contributed by atoms with Crippen molar-refractivity contribution in [3.8, 4) is 0 Å². The summed E-state index contributed by atoms with van der Waals surface area (Å²) in [7, 11) is 0. The molecule has 1 aliphatic rings. The van der Waals surface area contributed by atoms with Crippen LogP contribution in [0.25, 0.3) is 11.0 Å². The van der Waals surface area contributed by atoms with E-state index in [2.05, 4.69) is 20.9 Å². The summed E-state index contributed by atoms with van der Waals surface area (Å²) >= 11 is 3.45. The highest BCUT2D eigenvalue weighted by Crippen LogP contribution is 2.40. The number of aryl methyl sites for hydroxylation is 2. The van der Waals surface area contributed by atoms with Gasteiger partial charge in [0.1, 0.15) is 11.4 Å². The van der Waals surface area contributed by atoms with E-state index in [0.29, 0.717) is 22.4 Å². The molecule has 5 nitrogen and oxygen atoms in total. The summed E-state index contributed by atoms with van der Waals surface area (Å²) in [4.78, 5) is 33.1. The number of carbonyl (C=O) groups is 1. The van der Waals surface area contributed by atoms with E-state index >= 15 is 0 Å². The Kier molecular flexibility index (Phi) is 4.33. The number of carbonyl (C=O) groups excluding carboxylic acids is 1. The Bertz CT molecular complexity index is 1380. The molecule has 0 radical (unpaired) electrons. The van der Waals surface area contributed by atoms with E-state index in [1.807, 2.05) is 56.3 Å². The van der Waals surface area contributed by atoms with Crippen molar-refractivity contribution >= 4 is 38.6 Å². The molecule has 3 heterocycles. The van der Waals surface area contributed by atoms with Crippen molar-refractivity contribution in [1.82, 2.24) is 4.98 Å². The highest BCUT2D eigenvalue weighted by Gasteiger charge is 2.44. The van der Waals surface area contributed by atoms with Gasteiger partial charge in [0.15, 0.2) is 5.43 Å². The van der Waals surface area contributed by atoms with Gasteiger partial charge in [0, 0.05) is 10.2 Å². The third-order valence-corrected chi connectivity index (χ3v) is 5.86. The van der Waals surface area contributed by atoms with E-state index in [0.717, 1.165) is 21.3 Å². The summed E-state index contributed by atoms with van der Waals surface area (Å²) in [5.41, 5.74) is 3.12. The summed E-state index contributed by atoms with van der Waals surface area (Å²) in [6.07, 6.45) is 0. The van der Waals surface area contributed by atoms with Crippen molar-refractivity contribution in [2.45, 2.75) is 19.9 Å². The van der Waals surface area contributed by atoms with Gasteiger partial charge in [-0.3, -0.25) is 14.5 Å². The molecule has 0 unspecified atom stereocenters. The van der Waals surface area contributed by atoms with Gasteiger partial charge in [-0.25, -0.2) is 4.98 Å². The lowest BCUT2D eigenvalue weighted by Gasteiger charge is -2.24. The molecule has 148 valence electrons. The lowest BCUT2D eigenvalue weighted by molar-refractivity contribution is 0.0970. The second-order valence-electron chi connectivity index (χ2n) is 7.44. The molecule has 5 rings (SSSR count). The maximum atomic E-state index is 13.5. The Morgan fingerprint density at radius 1 is 1.00 bits per heavy atom. The maximum Gasteiger partial charge on any atom is 0.296 e. The topological polar surface area (TPSA) is 63.4 Å². The van der Waals surface area contributed by atoms with Gasteiger partial charge < -0.3 is 4.42 Å². The average Bonchev–Trinajstić information content (AvgIpc) is 3.02. The lowest BCUT2D eigenvalue weighted by atomic mass is 9.98. The SMILES string of the molecule is Cc1ccc2oc3c(c(=O)c2c1)[C@H](c1ccc(Br)cc1)N(c1cccc(C)n1)C3=O. The van der Waals surface area contributed by atoms with Crippen molar-refractivity contribution in [2.75, 3.05) is 4.90 Å². The second kappa shape index (κ2) is 6.92. The number of hydrogen-bond acceptors (Lipinski definition) is 4. The molecular weight excluding hydrogens is 444 g/mol. The molecule has 1 amide bonds. The largest absolute Gasteiger partial charge is 0.450 e. The molecule has 6 heteroatoms. The first-order valence-electron chi connectivity index (χ1n) is 9.54. The number of rotatable bonds is 2. The first-order chi connectivity index (χ1) is 14.4. The fraction of sp³-hybridized carbons (Fsp3) is 0.125. The second-order valence-corrected chi connectivity index (χ2v) is 8.36. The van der Waals surface area contributed by atoms with Crippen LogP contribution in [0.1, 0.15) is 39.0 Å². The Labute approximate surface area is 181 Å². The van der Waals surface area contributed by atoms with Crippen LogP contribution in [0.15, 0.2) is 74.3 Å². The highest BCUT2D eigenvalue weighted by atomic mass is 79.9. The van der Waals surface area contributed by atoms with Gasteiger partial charge >= 0.3 is 0 Å². The van der Waals surface area contributed by atoms with Crippen molar-refractivity contribution in [3.63, 3.8) is 0 Å². The van der Waals surface area contributed by atoms with Gasteiger partial charge in [-0.1, -0.05) is 45.8 Å². The van der Waals surface area contributed by atoms with E-state index in [-0.39, 0.29) is 17.1 Å². The number of benzene rings is 2. The minimum absolute atomic E-state index is 0.0765. The van der Waals surface area contributed by atoms with Gasteiger partial charge in [-0.05, 0) is 55.8 Å². The van der Waals surface area contributed by atoms with E-state index < -0.39 is 6.04 Å². The summed E-state index contributed by atoms with van der Waals surface area (Å²) < 4.78 is 6.90. The normalized spacial score (nSPS) is 15.6. The number of fused-ring (bicyclic) bond motifs is 2. The number of nitrogens with zero attached hydrogens (tertiary/aromatic N) is 2. The molecule has 30 heavy (non-hydrogen) atoms. The van der Waals surface area contributed by atoms with Crippen LogP contribution in [-0.4, -0.2) is 10.9 Å². The Morgan fingerprint density at radius 2 is 1.77 bits per heavy atom. The molecule has 0 spiro atoms. The van der Waals surface area contributed by atoms with Gasteiger partial charge in [-0.2, -0.15) is 0 Å². The Balaban J connectivity index is 1.83. The zero-order valence-corrected chi connectivity index (χ0v) is 17.9. The molecule has 0 bridgehead atoms. The van der Waals surface area contributed by atoms with Gasteiger partial charge in [0.05, 0.1) is 17.0 Å². The van der Waals surface area contributed by atoms with Crippen molar-refractivity contribution < 1.29 is 9.21 Å². The molecule has 0 saturated carbocycles. The first-order valence-corrected chi connectivity index (χ1v) is 10.3. The maximum absolute atomic E-state index is 13.5. The van der Waals surface area contributed by atoms with E-state index in [9.17, 15) is 9.59 Å². The average molecular weight is 461 g/mol. The zero-order chi connectivity index (χ0) is 21.0. The van der Waals surface area contributed by atoms with Crippen molar-refractivity contribution in [3.05, 3.63) is 104 Å². The molecule has 1 atom stereocenters. The number of anilines is 1. The molecule has 0 saturated heterocycles. The predicted octanol–water partition coefficient (Wildman–Crippen LogP) is 5.32. The minimum Gasteiger partial charge on any atom is -0.450 e. The Morgan fingerprint density at radius 3 is 2.50 bits per heavy atom. The lowest BCUT2D eigenvalue weighted by Crippen LogP contribution is -2.30.